The smallest absolute Gasteiger partial charge is 0.411 e. The fraction of sp³-hybridized carbons (Fsp3) is 0.273. The van der Waals surface area contributed by atoms with Crippen molar-refractivity contribution in [3.05, 3.63) is 71.3 Å². The third kappa shape index (κ3) is 9.80. The van der Waals surface area contributed by atoms with Crippen molar-refractivity contribution in [2.45, 2.75) is 34.1 Å². The molecule has 3 rings (SSSR count). The quantitative estimate of drug-likeness (QED) is 0.129. The van der Waals surface area contributed by atoms with Gasteiger partial charge in [-0.3, -0.25) is 15.5 Å². The van der Waals surface area contributed by atoms with Crippen molar-refractivity contribution in [3.63, 3.8) is 0 Å². The number of aryl methyl sites for hydroxylation is 3. The summed E-state index contributed by atoms with van der Waals surface area (Å²) in [4.78, 5) is 82.5. The largest absolute Gasteiger partial charge is 0.465 e. The van der Waals surface area contributed by atoms with Crippen LogP contribution in [-0.2, 0) is 23.9 Å². The molecule has 15 nitrogen and oxygen atoms in total. The molecular formula is C33H32N6O9. The van der Waals surface area contributed by atoms with Gasteiger partial charge in [0.2, 0.25) is 18.2 Å². The molecule has 0 saturated heterocycles. The minimum absolute atomic E-state index is 0.152. The van der Waals surface area contributed by atoms with Crippen LogP contribution in [0.3, 0.4) is 0 Å². The first-order chi connectivity index (χ1) is 22.9. The van der Waals surface area contributed by atoms with Crippen LogP contribution >= 0.6 is 0 Å². The maximum Gasteiger partial charge on any atom is 0.411 e. The fourth-order valence-corrected chi connectivity index (χ4v) is 4.45. The monoisotopic (exact) mass is 656 g/mol. The molecule has 0 aliphatic carbocycles. The highest BCUT2D eigenvalue weighted by molar-refractivity contribution is 5.88. The Kier molecular flexibility index (Phi) is 12.6. The summed E-state index contributed by atoms with van der Waals surface area (Å²) < 4.78 is 11.1. The average Bonchev–Trinajstić information content (AvgIpc) is 3.05. The lowest BCUT2D eigenvalue weighted by molar-refractivity contribution is 0.0357. The summed E-state index contributed by atoms with van der Waals surface area (Å²) in [5.41, 5.74) is 2.11. The molecule has 48 heavy (non-hydrogen) atoms. The number of nitrogens with zero attached hydrogens (tertiary/aromatic N) is 4. The van der Waals surface area contributed by atoms with Crippen LogP contribution in [0, 0.1) is 26.2 Å². The number of ether oxygens (including phenoxy) is 2. The second-order valence-electron chi connectivity index (χ2n) is 10.7. The first kappa shape index (κ1) is 36.1. The van der Waals surface area contributed by atoms with E-state index in [1.54, 1.807) is 58.0 Å². The van der Waals surface area contributed by atoms with E-state index in [2.05, 4.69) is 25.6 Å². The second kappa shape index (κ2) is 16.8. The minimum atomic E-state index is -1.38. The van der Waals surface area contributed by atoms with Gasteiger partial charge < -0.3 is 14.6 Å². The molecule has 0 heterocycles. The molecule has 0 spiro atoms. The van der Waals surface area contributed by atoms with E-state index in [0.717, 1.165) is 4.90 Å². The van der Waals surface area contributed by atoms with Crippen LogP contribution in [0.4, 0.5) is 48.5 Å². The van der Waals surface area contributed by atoms with E-state index in [9.17, 15) is 33.9 Å². The summed E-state index contributed by atoms with van der Waals surface area (Å²) in [6.45, 7) is 5.68. The zero-order valence-corrected chi connectivity index (χ0v) is 26.5. The van der Waals surface area contributed by atoms with Crippen LogP contribution < -0.4 is 15.5 Å². The number of aliphatic imine (C=N–C) groups is 3. The van der Waals surface area contributed by atoms with Crippen LogP contribution in [0.5, 0.6) is 0 Å². The zero-order valence-electron chi connectivity index (χ0n) is 26.5. The third-order valence-electron chi connectivity index (χ3n) is 7.41. The Bertz CT molecular complexity index is 1760. The van der Waals surface area contributed by atoms with Crippen molar-refractivity contribution in [2.75, 3.05) is 35.3 Å². The number of carboxylic acid groups (broad SMARTS) is 1. The van der Waals surface area contributed by atoms with E-state index in [1.807, 2.05) is 0 Å². The van der Waals surface area contributed by atoms with E-state index >= 15 is 0 Å². The SMILES string of the molecule is CCC(COC(=O)Nc1ccc(C)c(N=C=O)c1)(COC(=O)Nc1ccc(C)c(N=C=O)c1)CN(C(=O)O)c1ccc(C)c(N=C=O)c1. The van der Waals surface area contributed by atoms with Crippen LogP contribution in [-0.4, -0.2) is 61.4 Å². The maximum atomic E-state index is 12.9. The summed E-state index contributed by atoms with van der Waals surface area (Å²) in [7, 11) is 0. The van der Waals surface area contributed by atoms with E-state index < -0.39 is 36.9 Å². The van der Waals surface area contributed by atoms with Crippen molar-refractivity contribution >= 4 is 70.6 Å². The summed E-state index contributed by atoms with van der Waals surface area (Å²) in [6.07, 6.45) is 1.30. The molecule has 0 aliphatic heterocycles. The number of benzene rings is 3. The number of anilines is 3. The topological polar surface area (TPSA) is 205 Å². The Morgan fingerprint density at radius 3 is 1.54 bits per heavy atom. The molecule has 3 amide bonds. The number of rotatable bonds is 13. The van der Waals surface area contributed by atoms with Gasteiger partial charge in [0.15, 0.2) is 0 Å². The van der Waals surface area contributed by atoms with Crippen LogP contribution in [0.2, 0.25) is 0 Å². The molecule has 248 valence electrons. The van der Waals surface area contributed by atoms with Gasteiger partial charge in [-0.2, -0.15) is 15.0 Å². The Labute approximate surface area is 275 Å². The van der Waals surface area contributed by atoms with E-state index in [1.165, 1.54) is 42.5 Å². The highest BCUT2D eigenvalue weighted by Gasteiger charge is 2.37. The third-order valence-corrected chi connectivity index (χ3v) is 7.41. The van der Waals surface area contributed by atoms with Gasteiger partial charge in [0.25, 0.3) is 0 Å². The molecule has 0 bridgehead atoms. The van der Waals surface area contributed by atoms with Crippen LogP contribution in [0.1, 0.15) is 30.0 Å². The zero-order chi connectivity index (χ0) is 35.3. The predicted octanol–water partition coefficient (Wildman–Crippen LogP) is 6.89. The molecule has 0 radical (unpaired) electrons. The number of amides is 3. The molecule has 0 unspecified atom stereocenters. The normalized spacial score (nSPS) is 11.3. The average molecular weight is 657 g/mol. The summed E-state index contributed by atoms with van der Waals surface area (Å²) in [6, 6.07) is 13.8. The van der Waals surface area contributed by atoms with Gasteiger partial charge in [0.1, 0.15) is 13.2 Å². The molecule has 3 aromatic carbocycles. The molecule has 0 fully saturated rings. The lowest BCUT2D eigenvalue weighted by Gasteiger charge is -2.35. The van der Waals surface area contributed by atoms with Gasteiger partial charge in [0, 0.05) is 23.6 Å². The number of carbonyl (C=O) groups is 3. The first-order valence-electron chi connectivity index (χ1n) is 14.4. The van der Waals surface area contributed by atoms with Gasteiger partial charge in [0.05, 0.1) is 22.5 Å². The van der Waals surface area contributed by atoms with E-state index in [-0.39, 0.29) is 47.1 Å². The van der Waals surface area contributed by atoms with Crippen molar-refractivity contribution in [1.82, 2.24) is 0 Å². The van der Waals surface area contributed by atoms with Crippen molar-refractivity contribution in [3.8, 4) is 0 Å². The van der Waals surface area contributed by atoms with Gasteiger partial charge in [-0.1, -0.05) is 25.1 Å². The highest BCUT2D eigenvalue weighted by Crippen LogP contribution is 2.32. The number of isocyanates is 3. The van der Waals surface area contributed by atoms with Gasteiger partial charge in [-0.25, -0.2) is 28.8 Å². The Morgan fingerprint density at radius 2 is 1.15 bits per heavy atom. The summed E-state index contributed by atoms with van der Waals surface area (Å²) >= 11 is 0. The van der Waals surface area contributed by atoms with Crippen LogP contribution in [0.15, 0.2) is 69.6 Å². The second-order valence-corrected chi connectivity index (χ2v) is 10.7. The molecule has 0 saturated carbocycles. The van der Waals surface area contributed by atoms with Crippen LogP contribution in [0.25, 0.3) is 0 Å². The van der Waals surface area contributed by atoms with Crippen molar-refractivity contribution in [2.24, 2.45) is 20.4 Å². The summed E-state index contributed by atoms with van der Waals surface area (Å²) in [5.74, 6) is 0. The molecule has 15 heteroatoms. The summed E-state index contributed by atoms with van der Waals surface area (Å²) in [5, 5.41) is 15.3. The van der Waals surface area contributed by atoms with Gasteiger partial charge in [-0.15, -0.1) is 0 Å². The van der Waals surface area contributed by atoms with Gasteiger partial charge >= 0.3 is 18.3 Å². The molecule has 3 aromatic rings. The Hall–Kier alpha value is -6.39. The van der Waals surface area contributed by atoms with E-state index in [0.29, 0.717) is 16.7 Å². The van der Waals surface area contributed by atoms with Crippen molar-refractivity contribution in [1.29, 1.82) is 0 Å². The minimum Gasteiger partial charge on any atom is -0.465 e. The molecule has 0 aromatic heterocycles. The highest BCUT2D eigenvalue weighted by atomic mass is 16.6. The molecular weight excluding hydrogens is 624 g/mol. The lowest BCUT2D eigenvalue weighted by atomic mass is 9.86. The fourth-order valence-electron chi connectivity index (χ4n) is 4.45. The number of hydrogen-bond donors (Lipinski definition) is 3. The number of carbonyl (C=O) groups excluding carboxylic acids is 5. The molecule has 0 atom stereocenters. The van der Waals surface area contributed by atoms with E-state index in [4.69, 9.17) is 9.47 Å². The number of hydrogen-bond acceptors (Lipinski definition) is 11. The lowest BCUT2D eigenvalue weighted by Crippen LogP contribution is -2.47. The predicted molar refractivity (Wildman–Crippen MR) is 175 cm³/mol. The number of nitrogens with one attached hydrogen (secondary N) is 2. The standard InChI is InChI=1S/C33H32N6O9/c1-5-33(15-39(32(45)46)26-11-8-23(4)29(14-26)36-20-42,16-47-30(43)37-24-9-6-21(2)27(12-24)34-18-40)17-48-31(44)38-25-10-7-22(3)28(13-25)35-19-41/h6-14H,5,15-17H2,1-4H3,(H,37,43)(H,38,44)(H,45,46). The first-order valence-corrected chi connectivity index (χ1v) is 14.4. The maximum absolute atomic E-state index is 12.9. The molecule has 0 aliphatic rings. The molecule has 3 N–H and O–H groups in total. The Morgan fingerprint density at radius 1 is 0.729 bits per heavy atom. The Balaban J connectivity index is 1.89. The van der Waals surface area contributed by atoms with Gasteiger partial charge in [-0.05, 0) is 80.3 Å². The van der Waals surface area contributed by atoms with Crippen molar-refractivity contribution < 1.29 is 43.3 Å².